The lowest BCUT2D eigenvalue weighted by atomic mass is 9.99. The number of sulfonamides is 1. The lowest BCUT2D eigenvalue weighted by Gasteiger charge is -2.27. The summed E-state index contributed by atoms with van der Waals surface area (Å²) in [7, 11) is -2.33. The quantitative estimate of drug-likeness (QED) is 0.465. The highest BCUT2D eigenvalue weighted by Crippen LogP contribution is 2.38. The predicted molar refractivity (Wildman–Crippen MR) is 142 cm³/mol. The van der Waals surface area contributed by atoms with Gasteiger partial charge in [0.05, 0.1) is 11.9 Å². The van der Waals surface area contributed by atoms with Gasteiger partial charge in [-0.25, -0.2) is 22.7 Å². The number of hydrogen-bond acceptors (Lipinski definition) is 6. The first-order valence-corrected chi connectivity index (χ1v) is 13.5. The molecule has 2 aromatic carbocycles. The average molecular weight is 529 g/mol. The van der Waals surface area contributed by atoms with Crippen molar-refractivity contribution >= 4 is 33.5 Å². The molecule has 0 aromatic heterocycles. The van der Waals surface area contributed by atoms with Gasteiger partial charge in [0, 0.05) is 11.1 Å². The van der Waals surface area contributed by atoms with E-state index in [0.29, 0.717) is 34.6 Å². The molecule has 0 aliphatic carbocycles. The Balaban J connectivity index is 2.01. The van der Waals surface area contributed by atoms with Crippen molar-refractivity contribution in [3.8, 4) is 11.1 Å². The van der Waals surface area contributed by atoms with Crippen LogP contribution in [-0.2, 0) is 19.6 Å². The Kier molecular flexibility index (Phi) is 7.94. The third kappa shape index (κ3) is 6.26. The molecule has 10 heteroatoms. The number of nitrogens with one attached hydrogen (secondary N) is 1. The zero-order valence-corrected chi connectivity index (χ0v) is 22.8. The van der Waals surface area contributed by atoms with Crippen molar-refractivity contribution in [3.63, 3.8) is 0 Å². The van der Waals surface area contributed by atoms with Crippen LogP contribution in [0.25, 0.3) is 16.8 Å². The number of ether oxygens (including phenoxy) is 1. The predicted octanol–water partition coefficient (Wildman–Crippen LogP) is 5.00. The van der Waals surface area contributed by atoms with Gasteiger partial charge in [0.15, 0.2) is 5.70 Å². The standard InChI is InChI=1S/C27H33N3O6S/c1-7-8-17-30(6)24(23(25(31)32)18(2)28-30)20-15-13-19(14-16-20)21-11-9-10-12-22(21)37(34,35)29-26(33)36-27(3,4)5/h9-16H,7-8,17H2,1-6H3,(H-,29,31,32,33)/p+1. The number of hydrogen-bond donors (Lipinski definition) is 2. The number of carbonyl (C=O) groups excluding carboxylic acids is 1. The van der Waals surface area contributed by atoms with E-state index in [4.69, 9.17) is 4.74 Å². The number of amides is 1. The van der Waals surface area contributed by atoms with E-state index in [0.717, 1.165) is 12.8 Å². The van der Waals surface area contributed by atoms with E-state index < -0.39 is 27.7 Å². The fraction of sp³-hybridized carbons (Fsp3) is 0.370. The molecule has 0 bridgehead atoms. The number of carboxylic acid groups (broad SMARTS) is 1. The van der Waals surface area contributed by atoms with Crippen LogP contribution in [0.5, 0.6) is 0 Å². The maximum absolute atomic E-state index is 13.0. The summed E-state index contributed by atoms with van der Waals surface area (Å²) >= 11 is 0. The van der Waals surface area contributed by atoms with Crippen molar-refractivity contribution in [1.82, 2.24) is 4.72 Å². The highest BCUT2D eigenvalue weighted by molar-refractivity contribution is 7.90. The summed E-state index contributed by atoms with van der Waals surface area (Å²) in [6, 6.07) is 13.3. The summed E-state index contributed by atoms with van der Waals surface area (Å²) in [5, 5.41) is 14.6. The normalized spacial score (nSPS) is 17.9. The van der Waals surface area contributed by atoms with Crippen molar-refractivity contribution in [2.24, 2.45) is 5.10 Å². The Morgan fingerprint density at radius 3 is 2.22 bits per heavy atom. The second-order valence-corrected chi connectivity index (χ2v) is 11.8. The van der Waals surface area contributed by atoms with Crippen molar-refractivity contribution in [3.05, 3.63) is 59.7 Å². The van der Waals surface area contributed by atoms with Crippen LogP contribution in [-0.4, -0.2) is 55.1 Å². The third-order valence-corrected chi connectivity index (χ3v) is 7.24. The minimum absolute atomic E-state index is 0.0809. The van der Waals surface area contributed by atoms with Gasteiger partial charge in [-0.2, -0.15) is 4.59 Å². The van der Waals surface area contributed by atoms with Gasteiger partial charge in [-0.3, -0.25) is 0 Å². The number of nitrogens with zero attached hydrogens (tertiary/aromatic N) is 2. The smallest absolute Gasteiger partial charge is 0.421 e. The maximum Gasteiger partial charge on any atom is 0.421 e. The van der Waals surface area contributed by atoms with Gasteiger partial charge in [-0.1, -0.05) is 48.8 Å². The number of unbranched alkanes of at least 4 members (excludes halogenated alkanes) is 1. The highest BCUT2D eigenvalue weighted by Gasteiger charge is 2.42. The van der Waals surface area contributed by atoms with E-state index in [9.17, 15) is 23.1 Å². The van der Waals surface area contributed by atoms with Crippen molar-refractivity contribution < 1.29 is 32.4 Å². The first kappa shape index (κ1) is 28.1. The van der Waals surface area contributed by atoms with Crippen LogP contribution < -0.4 is 4.72 Å². The zero-order valence-electron chi connectivity index (χ0n) is 22.0. The van der Waals surface area contributed by atoms with Crippen LogP contribution in [0, 0.1) is 0 Å². The lowest BCUT2D eigenvalue weighted by molar-refractivity contribution is -0.844. The van der Waals surface area contributed by atoms with Crippen LogP contribution in [0.1, 0.15) is 53.0 Å². The topological polar surface area (TPSA) is 122 Å². The number of quaternary nitrogens is 1. The molecule has 0 radical (unpaired) electrons. The van der Waals surface area contributed by atoms with E-state index in [1.54, 1.807) is 70.2 Å². The zero-order chi connectivity index (χ0) is 27.6. The molecule has 1 amide bonds. The number of benzene rings is 2. The minimum atomic E-state index is -4.23. The fourth-order valence-corrected chi connectivity index (χ4v) is 5.46. The molecule has 37 heavy (non-hydrogen) atoms. The Labute approximate surface area is 218 Å². The third-order valence-electron chi connectivity index (χ3n) is 5.87. The monoisotopic (exact) mass is 528 g/mol. The minimum Gasteiger partial charge on any atom is -0.477 e. The molecular weight excluding hydrogens is 494 g/mol. The second kappa shape index (κ2) is 10.5. The average Bonchev–Trinajstić information content (AvgIpc) is 3.06. The SMILES string of the molecule is CCCC[N+]1(C)N=C(C)C(C(=O)O)=C1c1ccc(-c2ccccc2S(=O)(=O)NC(=O)OC(C)(C)C)cc1. The van der Waals surface area contributed by atoms with Crippen molar-refractivity contribution in [2.45, 2.75) is 58.0 Å². The van der Waals surface area contributed by atoms with Crippen LogP contribution in [0.4, 0.5) is 4.79 Å². The van der Waals surface area contributed by atoms with Gasteiger partial charge in [-0.05, 0) is 57.9 Å². The number of rotatable bonds is 8. The van der Waals surface area contributed by atoms with Gasteiger partial charge in [0.25, 0.3) is 10.0 Å². The lowest BCUT2D eigenvalue weighted by Crippen LogP contribution is -2.36. The fourth-order valence-electron chi connectivity index (χ4n) is 4.36. The molecule has 0 saturated carbocycles. The second-order valence-electron chi connectivity index (χ2n) is 10.1. The van der Waals surface area contributed by atoms with Gasteiger partial charge < -0.3 is 9.84 Å². The van der Waals surface area contributed by atoms with Gasteiger partial charge >= 0.3 is 12.1 Å². The van der Waals surface area contributed by atoms with Crippen molar-refractivity contribution in [2.75, 3.05) is 13.6 Å². The molecule has 1 heterocycles. The summed E-state index contributed by atoms with van der Waals surface area (Å²) < 4.78 is 33.3. The van der Waals surface area contributed by atoms with E-state index in [-0.39, 0.29) is 15.1 Å². The number of carbonyl (C=O) groups is 2. The molecule has 1 aliphatic heterocycles. The van der Waals surface area contributed by atoms with Gasteiger partial charge in [0.1, 0.15) is 23.4 Å². The Bertz CT molecular complexity index is 1370. The molecule has 3 rings (SSSR count). The molecule has 0 spiro atoms. The summed E-state index contributed by atoms with van der Waals surface area (Å²) in [4.78, 5) is 24.2. The highest BCUT2D eigenvalue weighted by atomic mass is 32.2. The van der Waals surface area contributed by atoms with E-state index in [2.05, 4.69) is 12.0 Å². The van der Waals surface area contributed by atoms with Crippen LogP contribution in [0.3, 0.4) is 0 Å². The number of carboxylic acids is 1. The number of aliphatic carboxylic acids is 1. The molecule has 1 aliphatic rings. The maximum atomic E-state index is 13.0. The van der Waals surface area contributed by atoms with Crippen LogP contribution >= 0.6 is 0 Å². The molecule has 2 N–H and O–H groups in total. The van der Waals surface area contributed by atoms with Gasteiger partial charge in [-0.15, -0.1) is 0 Å². The molecular formula is C27H34N3O6S+. The molecule has 9 nitrogen and oxygen atoms in total. The molecule has 0 fully saturated rings. The van der Waals surface area contributed by atoms with Crippen LogP contribution in [0.15, 0.2) is 64.1 Å². The Morgan fingerprint density at radius 1 is 1.05 bits per heavy atom. The van der Waals surface area contributed by atoms with E-state index >= 15 is 0 Å². The molecule has 0 saturated heterocycles. The van der Waals surface area contributed by atoms with E-state index in [1.807, 2.05) is 11.8 Å². The van der Waals surface area contributed by atoms with E-state index in [1.165, 1.54) is 6.07 Å². The Hall–Kier alpha value is -3.50. The molecule has 1 unspecified atom stereocenters. The largest absolute Gasteiger partial charge is 0.477 e. The summed E-state index contributed by atoms with van der Waals surface area (Å²) in [5.41, 5.74) is 2.05. The summed E-state index contributed by atoms with van der Waals surface area (Å²) in [6.07, 6.45) is 0.753. The summed E-state index contributed by atoms with van der Waals surface area (Å²) in [5.74, 6) is -1.04. The molecule has 198 valence electrons. The first-order chi connectivity index (χ1) is 17.2. The first-order valence-electron chi connectivity index (χ1n) is 12.0. The molecule has 2 aromatic rings. The molecule has 1 atom stereocenters. The van der Waals surface area contributed by atoms with Crippen LogP contribution in [0.2, 0.25) is 0 Å². The van der Waals surface area contributed by atoms with Gasteiger partial charge in [0.2, 0.25) is 0 Å². The Morgan fingerprint density at radius 2 is 1.65 bits per heavy atom. The van der Waals surface area contributed by atoms with Crippen molar-refractivity contribution in [1.29, 1.82) is 0 Å². The summed E-state index contributed by atoms with van der Waals surface area (Å²) in [6.45, 7) is 9.34.